The third kappa shape index (κ3) is 7.25. The van der Waals surface area contributed by atoms with Gasteiger partial charge in [0.15, 0.2) is 9.84 Å². The summed E-state index contributed by atoms with van der Waals surface area (Å²) in [5.74, 6) is -1.38. The van der Waals surface area contributed by atoms with Gasteiger partial charge in [0, 0.05) is 23.2 Å². The van der Waals surface area contributed by atoms with Gasteiger partial charge in [-0.05, 0) is 67.3 Å². The maximum absolute atomic E-state index is 13.1. The van der Waals surface area contributed by atoms with Crippen molar-refractivity contribution in [1.29, 1.82) is 0 Å². The number of amides is 1. The second-order valence-electron chi connectivity index (χ2n) is 10.0. The Kier molecular flexibility index (Phi) is 9.37. The number of carbonyl (C=O) groups excluding carboxylic acids is 1. The number of nitrogens with one attached hydrogen (secondary N) is 1. The lowest BCUT2D eigenvalue weighted by Crippen LogP contribution is -2.31. The zero-order valence-corrected chi connectivity index (χ0v) is 23.5. The van der Waals surface area contributed by atoms with E-state index in [0.29, 0.717) is 29.3 Å². The van der Waals surface area contributed by atoms with Crippen LogP contribution in [0.5, 0.6) is 11.8 Å². The van der Waals surface area contributed by atoms with Crippen molar-refractivity contribution in [3.63, 3.8) is 0 Å². The highest BCUT2D eigenvalue weighted by atomic mass is 32.2. The number of fused-ring (bicyclic) bond motifs is 1. The number of alkyl halides is 3. The van der Waals surface area contributed by atoms with Crippen LogP contribution in [0.2, 0.25) is 0 Å². The first-order valence-corrected chi connectivity index (χ1v) is 14.9. The van der Waals surface area contributed by atoms with E-state index in [4.69, 9.17) is 9.47 Å². The van der Waals surface area contributed by atoms with Crippen molar-refractivity contribution >= 4 is 26.5 Å². The molecule has 2 aromatic heterocycles. The number of pyridine rings is 2. The van der Waals surface area contributed by atoms with Crippen LogP contribution in [0.1, 0.15) is 54.7 Å². The van der Waals surface area contributed by atoms with Crippen molar-refractivity contribution in [1.82, 2.24) is 15.3 Å². The Bertz CT molecular complexity index is 1470. The Balaban J connectivity index is 1.48. The zero-order chi connectivity index (χ0) is 29.8. The van der Waals surface area contributed by atoms with Crippen molar-refractivity contribution in [3.8, 4) is 11.8 Å². The third-order valence-electron chi connectivity index (χ3n) is 7.35. The summed E-state index contributed by atoms with van der Waals surface area (Å²) in [5.41, 5.74) is 0.563. The van der Waals surface area contributed by atoms with Crippen molar-refractivity contribution in [3.05, 3.63) is 53.9 Å². The minimum Gasteiger partial charge on any atom is -0.481 e. The van der Waals surface area contributed by atoms with Gasteiger partial charge in [-0.1, -0.05) is 6.92 Å². The lowest BCUT2D eigenvalue weighted by Gasteiger charge is -2.29. The van der Waals surface area contributed by atoms with Gasteiger partial charge in [0.25, 0.3) is 5.91 Å². The molecule has 222 valence electrons. The molecule has 41 heavy (non-hydrogen) atoms. The minimum atomic E-state index is -4.17. The van der Waals surface area contributed by atoms with Crippen LogP contribution in [0, 0.1) is 11.8 Å². The molecule has 1 atom stereocenters. The highest BCUT2D eigenvalue weighted by molar-refractivity contribution is 7.91. The van der Waals surface area contributed by atoms with E-state index in [1.54, 1.807) is 24.3 Å². The van der Waals surface area contributed by atoms with Crippen LogP contribution in [0.15, 0.2) is 47.5 Å². The second-order valence-corrected chi connectivity index (χ2v) is 12.3. The van der Waals surface area contributed by atoms with Gasteiger partial charge in [-0.15, -0.1) is 0 Å². The number of benzene rings is 1. The van der Waals surface area contributed by atoms with Gasteiger partial charge in [-0.25, -0.2) is 8.42 Å². The fraction of sp³-hybridized carbons (Fsp3) is 0.464. The molecule has 2 heterocycles. The lowest BCUT2D eigenvalue weighted by atomic mass is 9.82. The molecule has 0 saturated heterocycles. The molecule has 1 fully saturated rings. The number of aromatic nitrogens is 2. The molecule has 0 radical (unpaired) electrons. The van der Waals surface area contributed by atoms with Gasteiger partial charge in [0.1, 0.15) is 0 Å². The Morgan fingerprint density at radius 1 is 1.15 bits per heavy atom. The fourth-order valence-electron chi connectivity index (χ4n) is 4.81. The van der Waals surface area contributed by atoms with Crippen molar-refractivity contribution in [2.45, 2.75) is 49.7 Å². The molecule has 1 saturated carbocycles. The molecule has 2 N–H and O–H groups in total. The normalized spacial score (nSPS) is 18.6. The van der Waals surface area contributed by atoms with Crippen LogP contribution in [-0.4, -0.2) is 61.7 Å². The minimum absolute atomic E-state index is 0.0260. The molecule has 4 rings (SSSR count). The van der Waals surface area contributed by atoms with E-state index < -0.39 is 40.5 Å². The average molecular weight is 596 g/mol. The predicted octanol–water partition coefficient (Wildman–Crippen LogP) is 4.64. The number of halogens is 3. The van der Waals surface area contributed by atoms with Crippen LogP contribution in [-0.2, 0) is 9.84 Å². The van der Waals surface area contributed by atoms with Gasteiger partial charge < -0.3 is 19.9 Å². The Morgan fingerprint density at radius 3 is 2.46 bits per heavy atom. The fourth-order valence-corrected chi connectivity index (χ4v) is 5.64. The van der Waals surface area contributed by atoms with Crippen LogP contribution >= 0.6 is 0 Å². The molecule has 1 amide bonds. The van der Waals surface area contributed by atoms with Gasteiger partial charge in [0.05, 0.1) is 48.6 Å². The average Bonchev–Trinajstić information content (AvgIpc) is 2.97. The standard InChI is InChI=1S/C28H32F3N3O6S/c1-3-41(37,38)21-9-11-23(32-14-21)24(15-35)33-26(36)18-6-10-22-19(12-18)13-25(39-2)34-27(22)40-16-17-4-7-20(8-5-17)28(29,30)31/h6,9-14,17,20,24,35H,3-5,7-8,15-16H2,1-2H3,(H,33,36)/t17-,20-,24-/m0/s1. The molecule has 1 aromatic carbocycles. The first-order chi connectivity index (χ1) is 19.4. The van der Waals surface area contributed by atoms with E-state index in [0.717, 1.165) is 0 Å². The number of sulfone groups is 1. The maximum atomic E-state index is 13.1. The Hall–Kier alpha value is -3.45. The van der Waals surface area contributed by atoms with Crippen LogP contribution < -0.4 is 14.8 Å². The van der Waals surface area contributed by atoms with Crippen molar-refractivity contribution in [2.24, 2.45) is 11.8 Å². The van der Waals surface area contributed by atoms with E-state index >= 15 is 0 Å². The van der Waals surface area contributed by atoms with E-state index in [-0.39, 0.29) is 53.3 Å². The summed E-state index contributed by atoms with van der Waals surface area (Å²) in [4.78, 5) is 21.6. The molecular weight excluding hydrogens is 563 g/mol. The van der Waals surface area contributed by atoms with Crippen molar-refractivity contribution < 1.29 is 41.0 Å². The van der Waals surface area contributed by atoms with E-state index in [1.807, 2.05) is 0 Å². The topological polar surface area (TPSA) is 128 Å². The molecule has 0 aliphatic heterocycles. The van der Waals surface area contributed by atoms with Crippen LogP contribution in [0.25, 0.3) is 10.8 Å². The first-order valence-electron chi connectivity index (χ1n) is 13.2. The van der Waals surface area contributed by atoms with E-state index in [9.17, 15) is 31.5 Å². The quantitative estimate of drug-likeness (QED) is 0.347. The number of rotatable bonds is 10. The molecular formula is C28H32F3N3O6S. The third-order valence-corrected chi connectivity index (χ3v) is 9.07. The van der Waals surface area contributed by atoms with E-state index in [2.05, 4.69) is 15.3 Å². The summed E-state index contributed by atoms with van der Waals surface area (Å²) >= 11 is 0. The summed E-state index contributed by atoms with van der Waals surface area (Å²) in [6.45, 7) is 1.27. The largest absolute Gasteiger partial charge is 0.481 e. The zero-order valence-electron chi connectivity index (χ0n) is 22.6. The van der Waals surface area contributed by atoms with E-state index in [1.165, 1.54) is 32.4 Å². The predicted molar refractivity (Wildman–Crippen MR) is 145 cm³/mol. The van der Waals surface area contributed by atoms with Gasteiger partial charge >= 0.3 is 6.18 Å². The van der Waals surface area contributed by atoms with Gasteiger partial charge in [-0.2, -0.15) is 18.2 Å². The molecule has 0 spiro atoms. The van der Waals surface area contributed by atoms with Gasteiger partial charge in [-0.3, -0.25) is 9.78 Å². The molecule has 13 heteroatoms. The second kappa shape index (κ2) is 12.6. The summed E-state index contributed by atoms with van der Waals surface area (Å²) < 4.78 is 74.3. The number of ether oxygens (including phenoxy) is 2. The highest BCUT2D eigenvalue weighted by Crippen LogP contribution is 2.40. The number of nitrogens with zero attached hydrogens (tertiary/aromatic N) is 2. The first kappa shape index (κ1) is 30.5. The molecule has 3 aromatic rings. The molecule has 0 unspecified atom stereocenters. The van der Waals surface area contributed by atoms with Crippen molar-refractivity contribution in [2.75, 3.05) is 26.1 Å². The maximum Gasteiger partial charge on any atom is 0.391 e. The number of hydrogen-bond donors (Lipinski definition) is 2. The summed E-state index contributed by atoms with van der Waals surface area (Å²) in [6, 6.07) is 8.40. The summed E-state index contributed by atoms with van der Waals surface area (Å²) in [5, 5.41) is 13.8. The summed E-state index contributed by atoms with van der Waals surface area (Å²) in [7, 11) is -2.01. The molecule has 1 aliphatic rings. The number of methoxy groups -OCH3 is 1. The van der Waals surface area contributed by atoms with Crippen LogP contribution in [0.4, 0.5) is 13.2 Å². The molecule has 1 aliphatic carbocycles. The van der Waals surface area contributed by atoms with Gasteiger partial charge in [0.2, 0.25) is 11.8 Å². The summed E-state index contributed by atoms with van der Waals surface area (Å²) in [6.07, 6.45) is -2.00. The number of aliphatic hydroxyl groups is 1. The monoisotopic (exact) mass is 595 g/mol. The lowest BCUT2D eigenvalue weighted by molar-refractivity contribution is -0.184. The SMILES string of the molecule is CCS(=O)(=O)c1ccc([C@H](CO)NC(=O)c2ccc3c(OC[C@H]4CC[C@H](C(F)(F)F)CC4)nc(OC)cc3c2)nc1. The smallest absolute Gasteiger partial charge is 0.391 e. The Morgan fingerprint density at radius 2 is 1.88 bits per heavy atom. The number of aliphatic hydroxyl groups excluding tert-OH is 1. The molecule has 9 nitrogen and oxygen atoms in total. The number of carbonyl (C=O) groups is 1. The van der Waals surface area contributed by atoms with Crippen LogP contribution in [0.3, 0.4) is 0 Å². The Labute approximate surface area is 236 Å². The number of hydrogen-bond acceptors (Lipinski definition) is 8. The molecule has 0 bridgehead atoms. The highest BCUT2D eigenvalue weighted by Gasteiger charge is 2.41.